The number of hydrogen-bond donors (Lipinski definition) is 1. The van der Waals surface area contributed by atoms with Crippen LogP contribution in [0.25, 0.3) is 10.9 Å². The van der Waals surface area contributed by atoms with Gasteiger partial charge >= 0.3 is 0 Å². The second kappa shape index (κ2) is 4.23. The third-order valence-corrected chi connectivity index (χ3v) is 3.55. The molecule has 0 unspecified atom stereocenters. The largest absolute Gasteiger partial charge is 0.385 e. The van der Waals surface area contributed by atoms with E-state index in [0.717, 1.165) is 28.8 Å². The number of anilines is 1. The maximum Gasteiger partial charge on any atom is 0.128 e. The van der Waals surface area contributed by atoms with Gasteiger partial charge in [-0.25, -0.2) is 4.39 Å². The van der Waals surface area contributed by atoms with E-state index in [0.29, 0.717) is 11.5 Å². The zero-order valence-electron chi connectivity index (χ0n) is 10.8. The minimum absolute atomic E-state index is 0.176. The number of aryl methyl sites for hydroxylation is 1. The molecule has 1 saturated carbocycles. The van der Waals surface area contributed by atoms with E-state index in [1.165, 1.54) is 18.9 Å². The molecule has 94 valence electrons. The minimum Gasteiger partial charge on any atom is -0.385 e. The molecule has 0 atom stereocenters. The Morgan fingerprint density at radius 3 is 2.83 bits per heavy atom. The average molecular weight is 244 g/mol. The van der Waals surface area contributed by atoms with Crippen LogP contribution < -0.4 is 5.32 Å². The Bertz CT molecular complexity index is 603. The lowest BCUT2D eigenvalue weighted by molar-refractivity contribution is 0.620. The smallest absolute Gasteiger partial charge is 0.128 e. The van der Waals surface area contributed by atoms with E-state index in [4.69, 9.17) is 0 Å². The maximum absolute atomic E-state index is 13.7. The highest BCUT2D eigenvalue weighted by Gasteiger charge is 2.26. The molecule has 0 bridgehead atoms. The zero-order valence-corrected chi connectivity index (χ0v) is 10.8. The summed E-state index contributed by atoms with van der Waals surface area (Å²) in [7, 11) is 0. The number of nitrogens with zero attached hydrogens (tertiary/aromatic N) is 1. The van der Waals surface area contributed by atoms with Crippen molar-refractivity contribution in [3.05, 3.63) is 35.3 Å². The van der Waals surface area contributed by atoms with Crippen molar-refractivity contribution in [2.75, 3.05) is 11.9 Å². The van der Waals surface area contributed by atoms with Crippen molar-refractivity contribution < 1.29 is 4.39 Å². The molecule has 0 amide bonds. The Balaban J connectivity index is 2.26. The number of nitrogens with one attached hydrogen (secondary N) is 1. The maximum atomic E-state index is 13.7. The molecule has 1 aliphatic carbocycles. The number of fused-ring (bicyclic) bond motifs is 1. The van der Waals surface area contributed by atoms with Gasteiger partial charge in [-0.1, -0.05) is 0 Å². The van der Waals surface area contributed by atoms with E-state index in [1.807, 2.05) is 6.07 Å². The van der Waals surface area contributed by atoms with Gasteiger partial charge in [-0.05, 0) is 44.9 Å². The molecule has 2 aromatic rings. The Labute approximate surface area is 106 Å². The number of halogens is 1. The monoisotopic (exact) mass is 244 g/mol. The van der Waals surface area contributed by atoms with Gasteiger partial charge in [-0.2, -0.15) is 0 Å². The Hall–Kier alpha value is -1.64. The lowest BCUT2D eigenvalue weighted by Gasteiger charge is -2.12. The molecule has 1 N–H and O–H groups in total. The van der Waals surface area contributed by atoms with E-state index in [1.54, 1.807) is 6.92 Å². The predicted molar refractivity (Wildman–Crippen MR) is 72.6 cm³/mol. The van der Waals surface area contributed by atoms with Crippen molar-refractivity contribution in [2.24, 2.45) is 0 Å². The summed E-state index contributed by atoms with van der Waals surface area (Å²) in [5, 5.41) is 4.37. The van der Waals surface area contributed by atoms with Crippen LogP contribution in [0.2, 0.25) is 0 Å². The van der Waals surface area contributed by atoms with Crippen LogP contribution in [0.1, 0.15) is 36.9 Å². The predicted octanol–water partition coefficient (Wildman–Crippen LogP) is 3.99. The van der Waals surface area contributed by atoms with Crippen molar-refractivity contribution in [1.82, 2.24) is 4.98 Å². The highest BCUT2D eigenvalue weighted by molar-refractivity contribution is 5.93. The number of pyridine rings is 1. The van der Waals surface area contributed by atoms with E-state index >= 15 is 0 Å². The second-order valence-electron chi connectivity index (χ2n) is 4.97. The molecule has 1 aromatic heterocycles. The number of rotatable bonds is 3. The molecule has 18 heavy (non-hydrogen) atoms. The molecule has 0 spiro atoms. The summed E-state index contributed by atoms with van der Waals surface area (Å²) in [5.41, 5.74) is 3.63. The van der Waals surface area contributed by atoms with Gasteiger partial charge in [0.25, 0.3) is 0 Å². The molecule has 1 aliphatic rings. The average Bonchev–Trinajstić information content (AvgIpc) is 3.18. The van der Waals surface area contributed by atoms with Crippen LogP contribution in [0.4, 0.5) is 10.1 Å². The first-order chi connectivity index (χ1) is 8.70. The molecular weight excluding hydrogens is 227 g/mol. The van der Waals surface area contributed by atoms with Crippen molar-refractivity contribution in [2.45, 2.75) is 32.6 Å². The molecule has 0 saturated heterocycles. The van der Waals surface area contributed by atoms with Crippen molar-refractivity contribution in [3.63, 3.8) is 0 Å². The Morgan fingerprint density at radius 1 is 1.39 bits per heavy atom. The van der Waals surface area contributed by atoms with E-state index in [-0.39, 0.29) is 5.82 Å². The standard InChI is InChI=1S/C15H17FN2/c1-3-17-14-8-13(10-4-5-10)18-15-9(2)12(16)7-6-11(14)15/h6-8,10H,3-5H2,1-2H3,(H,17,18). The van der Waals surface area contributed by atoms with Crippen LogP contribution in [-0.2, 0) is 0 Å². The van der Waals surface area contributed by atoms with Crippen LogP contribution in [-0.4, -0.2) is 11.5 Å². The zero-order chi connectivity index (χ0) is 12.7. The van der Waals surface area contributed by atoms with E-state index < -0.39 is 0 Å². The summed E-state index contributed by atoms with van der Waals surface area (Å²) in [6.45, 7) is 4.73. The van der Waals surface area contributed by atoms with Gasteiger partial charge < -0.3 is 5.32 Å². The topological polar surface area (TPSA) is 24.9 Å². The molecular formula is C15H17FN2. The van der Waals surface area contributed by atoms with Crippen LogP contribution in [0.3, 0.4) is 0 Å². The van der Waals surface area contributed by atoms with Gasteiger partial charge in [0.15, 0.2) is 0 Å². The van der Waals surface area contributed by atoms with Crippen LogP contribution in [0.5, 0.6) is 0 Å². The SMILES string of the molecule is CCNc1cc(C2CC2)nc2c(C)c(F)ccc12. The highest BCUT2D eigenvalue weighted by Crippen LogP contribution is 2.41. The molecule has 0 aliphatic heterocycles. The third kappa shape index (κ3) is 1.84. The molecule has 1 heterocycles. The quantitative estimate of drug-likeness (QED) is 0.883. The first-order valence-corrected chi connectivity index (χ1v) is 6.54. The van der Waals surface area contributed by atoms with Crippen LogP contribution in [0, 0.1) is 12.7 Å². The Kier molecular flexibility index (Phi) is 2.69. The van der Waals surface area contributed by atoms with E-state index in [2.05, 4.69) is 23.3 Å². The van der Waals surface area contributed by atoms with Gasteiger partial charge in [0.05, 0.1) is 5.52 Å². The van der Waals surface area contributed by atoms with Crippen molar-refractivity contribution >= 4 is 16.6 Å². The van der Waals surface area contributed by atoms with E-state index in [9.17, 15) is 4.39 Å². The lowest BCUT2D eigenvalue weighted by Crippen LogP contribution is -2.01. The molecule has 3 rings (SSSR count). The molecule has 0 radical (unpaired) electrons. The van der Waals surface area contributed by atoms with Crippen molar-refractivity contribution in [1.29, 1.82) is 0 Å². The summed E-state index contributed by atoms with van der Waals surface area (Å²) in [4.78, 5) is 4.66. The summed E-state index contributed by atoms with van der Waals surface area (Å²) < 4.78 is 13.7. The van der Waals surface area contributed by atoms with Gasteiger partial charge in [-0.15, -0.1) is 0 Å². The summed E-state index contributed by atoms with van der Waals surface area (Å²) in [6.07, 6.45) is 2.41. The van der Waals surface area contributed by atoms with Gasteiger partial charge in [0, 0.05) is 34.8 Å². The van der Waals surface area contributed by atoms with Crippen molar-refractivity contribution in [3.8, 4) is 0 Å². The number of benzene rings is 1. The molecule has 2 nitrogen and oxygen atoms in total. The second-order valence-corrected chi connectivity index (χ2v) is 4.97. The Morgan fingerprint density at radius 2 is 2.17 bits per heavy atom. The summed E-state index contributed by atoms with van der Waals surface area (Å²) >= 11 is 0. The fourth-order valence-corrected chi connectivity index (χ4v) is 2.35. The lowest BCUT2D eigenvalue weighted by atomic mass is 10.1. The van der Waals surface area contributed by atoms with Crippen LogP contribution in [0.15, 0.2) is 18.2 Å². The first kappa shape index (κ1) is 11.5. The van der Waals surface area contributed by atoms with Gasteiger partial charge in [-0.3, -0.25) is 4.98 Å². The summed E-state index contributed by atoms with van der Waals surface area (Å²) in [5.74, 6) is 0.403. The fraction of sp³-hybridized carbons (Fsp3) is 0.400. The fourth-order valence-electron chi connectivity index (χ4n) is 2.35. The van der Waals surface area contributed by atoms with Crippen LogP contribution >= 0.6 is 0 Å². The third-order valence-electron chi connectivity index (χ3n) is 3.55. The first-order valence-electron chi connectivity index (χ1n) is 6.54. The molecule has 1 fully saturated rings. The normalized spacial score (nSPS) is 15.1. The number of hydrogen-bond acceptors (Lipinski definition) is 2. The molecule has 3 heteroatoms. The van der Waals surface area contributed by atoms with Gasteiger partial charge in [0.2, 0.25) is 0 Å². The molecule has 1 aromatic carbocycles. The summed E-state index contributed by atoms with van der Waals surface area (Å²) in [6, 6.07) is 5.47. The number of aromatic nitrogens is 1. The highest BCUT2D eigenvalue weighted by atomic mass is 19.1. The van der Waals surface area contributed by atoms with Gasteiger partial charge in [0.1, 0.15) is 5.82 Å². The minimum atomic E-state index is -0.176.